The summed E-state index contributed by atoms with van der Waals surface area (Å²) in [5, 5.41) is 6.95. The molecule has 126 valence electrons. The van der Waals surface area contributed by atoms with E-state index < -0.39 is 12.1 Å². The number of nitrogens with one attached hydrogen (secondary N) is 2. The minimum Gasteiger partial charge on any atom is -0.341 e. The van der Waals surface area contributed by atoms with Crippen LogP contribution in [0.5, 0.6) is 0 Å². The van der Waals surface area contributed by atoms with Gasteiger partial charge in [-0.25, -0.2) is 4.79 Å². The summed E-state index contributed by atoms with van der Waals surface area (Å²) in [4.78, 5) is 27.9. The van der Waals surface area contributed by atoms with E-state index in [1.165, 1.54) is 11.9 Å². The molecule has 1 aromatic carbocycles. The summed E-state index contributed by atoms with van der Waals surface area (Å²) in [7, 11) is 1.50. The van der Waals surface area contributed by atoms with Crippen molar-refractivity contribution in [3.05, 3.63) is 58.3 Å². The molecule has 1 aliphatic rings. The van der Waals surface area contributed by atoms with E-state index in [0.717, 1.165) is 24.9 Å². The Balaban J connectivity index is 1.92. The monoisotopic (exact) mass is 343 g/mol. The number of likely N-dealkylation sites (tertiary alicyclic amines) is 1. The highest BCUT2D eigenvalue weighted by molar-refractivity contribution is 7.10. The third-order valence-corrected chi connectivity index (χ3v) is 5.30. The van der Waals surface area contributed by atoms with Crippen molar-refractivity contribution in [3.63, 3.8) is 0 Å². The van der Waals surface area contributed by atoms with Gasteiger partial charge in [0.1, 0.15) is 6.04 Å². The van der Waals surface area contributed by atoms with Gasteiger partial charge in [0.25, 0.3) is 0 Å². The van der Waals surface area contributed by atoms with Gasteiger partial charge in [-0.2, -0.15) is 0 Å². The zero-order chi connectivity index (χ0) is 16.9. The topological polar surface area (TPSA) is 61.4 Å². The van der Waals surface area contributed by atoms with E-state index in [9.17, 15) is 9.59 Å². The minimum absolute atomic E-state index is 0.214. The summed E-state index contributed by atoms with van der Waals surface area (Å²) >= 11 is 1.71. The van der Waals surface area contributed by atoms with E-state index in [1.54, 1.807) is 11.3 Å². The number of thiophene rings is 1. The van der Waals surface area contributed by atoms with Crippen molar-refractivity contribution in [2.45, 2.75) is 24.9 Å². The maximum absolute atomic E-state index is 12.8. The predicted molar refractivity (Wildman–Crippen MR) is 94.8 cm³/mol. The molecule has 2 N–H and O–H groups in total. The van der Waals surface area contributed by atoms with Gasteiger partial charge in [-0.05, 0) is 36.4 Å². The first-order valence-electron chi connectivity index (χ1n) is 8.07. The van der Waals surface area contributed by atoms with Crippen molar-refractivity contribution in [3.8, 4) is 0 Å². The molecule has 3 rings (SSSR count). The lowest BCUT2D eigenvalue weighted by atomic mass is 10.0. The molecule has 0 unspecified atom stereocenters. The van der Waals surface area contributed by atoms with Crippen molar-refractivity contribution in [1.29, 1.82) is 0 Å². The third-order valence-electron chi connectivity index (χ3n) is 4.32. The second-order valence-electron chi connectivity index (χ2n) is 5.79. The van der Waals surface area contributed by atoms with Crippen LogP contribution in [0.4, 0.5) is 4.79 Å². The molecule has 1 fully saturated rings. The number of amides is 3. The van der Waals surface area contributed by atoms with Crippen molar-refractivity contribution in [1.82, 2.24) is 15.5 Å². The van der Waals surface area contributed by atoms with Crippen molar-refractivity contribution in [2.75, 3.05) is 13.6 Å². The SMILES string of the molecule is CNC(=O)NC(=O)[C@@H](c1ccccc1)N1CCC[C@@H]1c1cccs1. The van der Waals surface area contributed by atoms with E-state index in [4.69, 9.17) is 0 Å². The number of rotatable bonds is 4. The van der Waals surface area contributed by atoms with Gasteiger partial charge in [0, 0.05) is 18.0 Å². The fourth-order valence-corrected chi connectivity index (χ4v) is 4.14. The maximum Gasteiger partial charge on any atom is 0.321 e. The highest BCUT2D eigenvalue weighted by Crippen LogP contribution is 2.40. The number of nitrogens with zero attached hydrogens (tertiary/aromatic N) is 1. The highest BCUT2D eigenvalue weighted by atomic mass is 32.1. The lowest BCUT2D eigenvalue weighted by Gasteiger charge is -2.31. The van der Waals surface area contributed by atoms with Crippen LogP contribution < -0.4 is 10.6 Å². The summed E-state index contributed by atoms with van der Waals surface area (Å²) in [6.45, 7) is 0.837. The lowest BCUT2D eigenvalue weighted by Crippen LogP contribution is -2.45. The molecule has 3 amide bonds. The maximum atomic E-state index is 12.8. The largest absolute Gasteiger partial charge is 0.341 e. The Bertz CT molecular complexity index is 688. The number of carbonyl (C=O) groups excluding carboxylic acids is 2. The zero-order valence-corrected chi connectivity index (χ0v) is 14.4. The standard InChI is InChI=1S/C18H21N3O2S/c1-19-18(23)20-17(22)16(13-7-3-2-4-8-13)21-11-5-9-14(21)15-10-6-12-24-15/h2-4,6-8,10,12,14,16H,5,9,11H2,1H3,(H2,19,20,22,23)/t14-,16-/m1/s1. The molecule has 2 atom stereocenters. The minimum atomic E-state index is -0.479. The molecule has 1 aliphatic heterocycles. The first-order valence-corrected chi connectivity index (χ1v) is 8.95. The molecule has 1 aromatic heterocycles. The third kappa shape index (κ3) is 3.49. The Morgan fingerprint density at radius 3 is 2.67 bits per heavy atom. The van der Waals surface area contributed by atoms with Crippen LogP contribution in [0, 0.1) is 0 Å². The van der Waals surface area contributed by atoms with E-state index in [1.807, 2.05) is 36.4 Å². The molecule has 5 nitrogen and oxygen atoms in total. The Morgan fingerprint density at radius 2 is 2.00 bits per heavy atom. The van der Waals surface area contributed by atoms with Gasteiger partial charge in [-0.3, -0.25) is 15.0 Å². The molecule has 2 aromatic rings. The molecular formula is C18H21N3O2S. The molecular weight excluding hydrogens is 322 g/mol. The molecule has 6 heteroatoms. The summed E-state index contributed by atoms with van der Waals surface area (Å²) < 4.78 is 0. The van der Waals surface area contributed by atoms with Crippen LogP contribution in [0.15, 0.2) is 47.8 Å². The molecule has 0 spiro atoms. The number of imide groups is 1. The van der Waals surface area contributed by atoms with Crippen LogP contribution in [0.1, 0.15) is 35.4 Å². The second-order valence-corrected chi connectivity index (χ2v) is 6.77. The van der Waals surface area contributed by atoms with Crippen LogP contribution in [-0.2, 0) is 4.79 Å². The summed E-state index contributed by atoms with van der Waals surface area (Å²) in [5.74, 6) is -0.288. The van der Waals surface area contributed by atoms with Crippen molar-refractivity contribution >= 4 is 23.3 Å². The summed E-state index contributed by atoms with van der Waals surface area (Å²) in [5.41, 5.74) is 0.905. The highest BCUT2D eigenvalue weighted by Gasteiger charge is 2.37. The first-order chi connectivity index (χ1) is 11.7. The Hall–Kier alpha value is -2.18. The van der Waals surface area contributed by atoms with Gasteiger partial charge in [-0.1, -0.05) is 36.4 Å². The van der Waals surface area contributed by atoms with E-state index in [0.29, 0.717) is 0 Å². The Morgan fingerprint density at radius 1 is 1.21 bits per heavy atom. The van der Waals surface area contributed by atoms with Crippen LogP contribution in [0.3, 0.4) is 0 Å². The van der Waals surface area contributed by atoms with Gasteiger partial charge in [0.05, 0.1) is 0 Å². The molecule has 0 saturated carbocycles. The smallest absolute Gasteiger partial charge is 0.321 e. The number of hydrogen-bond donors (Lipinski definition) is 2. The first kappa shape index (κ1) is 16.7. The van der Waals surface area contributed by atoms with Gasteiger partial charge < -0.3 is 5.32 Å². The number of carbonyl (C=O) groups is 2. The van der Waals surface area contributed by atoms with Gasteiger partial charge >= 0.3 is 6.03 Å². The average Bonchev–Trinajstić information content (AvgIpc) is 3.27. The van der Waals surface area contributed by atoms with Gasteiger partial charge in [0.2, 0.25) is 5.91 Å². The van der Waals surface area contributed by atoms with Crippen LogP contribution in [-0.4, -0.2) is 30.4 Å². The van der Waals surface area contributed by atoms with Gasteiger partial charge in [0.15, 0.2) is 0 Å². The van der Waals surface area contributed by atoms with Crippen LogP contribution in [0.2, 0.25) is 0 Å². The Labute approximate surface area is 145 Å². The molecule has 2 heterocycles. The molecule has 0 bridgehead atoms. The van der Waals surface area contributed by atoms with Crippen LogP contribution >= 0.6 is 11.3 Å². The van der Waals surface area contributed by atoms with E-state index in [-0.39, 0.29) is 11.9 Å². The quantitative estimate of drug-likeness (QED) is 0.897. The van der Waals surface area contributed by atoms with Gasteiger partial charge in [-0.15, -0.1) is 11.3 Å². The average molecular weight is 343 g/mol. The second kappa shape index (κ2) is 7.59. The van der Waals surface area contributed by atoms with Crippen LogP contribution in [0.25, 0.3) is 0 Å². The fraction of sp³-hybridized carbons (Fsp3) is 0.333. The Kier molecular flexibility index (Phi) is 5.27. The van der Waals surface area contributed by atoms with Crippen molar-refractivity contribution in [2.24, 2.45) is 0 Å². The number of hydrogen-bond acceptors (Lipinski definition) is 4. The molecule has 0 radical (unpaired) electrons. The summed E-state index contributed by atoms with van der Waals surface area (Å²) in [6, 6.07) is 13.1. The molecule has 1 saturated heterocycles. The summed E-state index contributed by atoms with van der Waals surface area (Å²) in [6.07, 6.45) is 2.07. The normalized spacial score (nSPS) is 19.0. The number of urea groups is 1. The number of benzene rings is 1. The molecule has 0 aliphatic carbocycles. The van der Waals surface area contributed by atoms with E-state index >= 15 is 0 Å². The lowest BCUT2D eigenvalue weighted by molar-refractivity contribution is -0.126. The molecule has 24 heavy (non-hydrogen) atoms. The predicted octanol–water partition coefficient (Wildman–Crippen LogP) is 3.08. The van der Waals surface area contributed by atoms with E-state index in [2.05, 4.69) is 27.0 Å². The fourth-order valence-electron chi connectivity index (χ4n) is 3.26. The van der Waals surface area contributed by atoms with Crippen molar-refractivity contribution < 1.29 is 9.59 Å². The zero-order valence-electron chi connectivity index (χ0n) is 13.6.